The maximum Gasteiger partial charge on any atom is 0.165 e. The molecule has 55 heavy (non-hydrogen) atoms. The molecule has 0 aliphatic carbocycles. The number of furan rings is 1. The molecular formula is C45H22B5N3OS. The van der Waals surface area contributed by atoms with Crippen molar-refractivity contribution in [2.75, 3.05) is 0 Å². The number of hydrogen-bond acceptors (Lipinski definition) is 5. The van der Waals surface area contributed by atoms with Crippen LogP contribution in [0, 0.1) is 0 Å². The van der Waals surface area contributed by atoms with Crippen molar-refractivity contribution in [3.05, 3.63) is 133 Å². The summed E-state index contributed by atoms with van der Waals surface area (Å²) in [5, 5.41) is 4.21. The van der Waals surface area contributed by atoms with Gasteiger partial charge in [-0.15, -0.1) is 27.7 Å². The molecule has 0 aliphatic rings. The van der Waals surface area contributed by atoms with Crippen molar-refractivity contribution in [2.24, 2.45) is 0 Å². The number of para-hydroxylation sites is 1. The SMILES string of the molecule is [B]c1c([B])c([B])c(-c2cccc(-c3cccc4c3oc3cccc(-c5nc(-c6ccccc6)nc(-c6cccc7c6sc6ccccc67)n5)c34)c2)c([B])c1[B]. The zero-order valence-electron chi connectivity index (χ0n) is 29.2. The number of thiophene rings is 1. The van der Waals surface area contributed by atoms with E-state index >= 15 is 0 Å². The maximum absolute atomic E-state index is 6.69. The van der Waals surface area contributed by atoms with Crippen molar-refractivity contribution in [3.63, 3.8) is 0 Å². The molecule has 10 aromatic rings. The zero-order valence-corrected chi connectivity index (χ0v) is 30.1. The monoisotopic (exact) mass is 707 g/mol. The van der Waals surface area contributed by atoms with Crippen LogP contribution < -0.4 is 27.3 Å². The molecule has 3 heterocycles. The molecule has 0 saturated carbocycles. The van der Waals surface area contributed by atoms with Gasteiger partial charge in [-0.2, -0.15) is 0 Å². The Morgan fingerprint density at radius 2 is 1.00 bits per heavy atom. The minimum atomic E-state index is 0.177. The molecule has 3 aromatic heterocycles. The Morgan fingerprint density at radius 3 is 1.80 bits per heavy atom. The molecule has 0 N–H and O–H groups in total. The Bertz CT molecular complexity index is 3150. The van der Waals surface area contributed by atoms with E-state index in [0.717, 1.165) is 48.9 Å². The van der Waals surface area contributed by atoms with E-state index in [2.05, 4.69) is 48.5 Å². The van der Waals surface area contributed by atoms with Crippen LogP contribution in [0.4, 0.5) is 0 Å². The molecule has 0 amide bonds. The Balaban J connectivity index is 1.17. The Morgan fingerprint density at radius 1 is 0.436 bits per heavy atom. The second kappa shape index (κ2) is 13.0. The smallest absolute Gasteiger partial charge is 0.165 e. The van der Waals surface area contributed by atoms with Gasteiger partial charge in [-0.3, -0.25) is 0 Å². The minimum Gasteiger partial charge on any atom is -0.455 e. The van der Waals surface area contributed by atoms with Gasteiger partial charge in [0.1, 0.15) is 50.4 Å². The predicted molar refractivity (Wildman–Crippen MR) is 234 cm³/mol. The summed E-state index contributed by atoms with van der Waals surface area (Å²) < 4.78 is 9.04. The standard InChI is InChI=1S/C45H22B5N3OS/c46-36-34(37(47)39(49)40(50)38(36)48)25-13-6-12-24(22-25)26-15-7-17-29-35-30(18-9-20-32(35)54-41(26)29)44-51-43(23-10-2-1-3-11-23)52-45(53-44)31-19-8-16-28-27-14-4-5-21-33(27)55-42(28)31/h1-22H. The maximum atomic E-state index is 6.69. The molecule has 0 spiro atoms. The van der Waals surface area contributed by atoms with Crippen LogP contribution in [0.1, 0.15) is 0 Å². The van der Waals surface area contributed by atoms with Crippen molar-refractivity contribution in [3.8, 4) is 56.4 Å². The van der Waals surface area contributed by atoms with Gasteiger partial charge in [0.15, 0.2) is 17.5 Å². The Hall–Kier alpha value is -6.11. The third-order valence-electron chi connectivity index (χ3n) is 10.2. The summed E-state index contributed by atoms with van der Waals surface area (Å²) in [6.07, 6.45) is 0. The largest absolute Gasteiger partial charge is 0.455 e. The van der Waals surface area contributed by atoms with Gasteiger partial charge in [0.25, 0.3) is 0 Å². The molecular weight excluding hydrogens is 685 g/mol. The number of nitrogens with zero attached hydrogens (tertiary/aromatic N) is 3. The van der Waals surface area contributed by atoms with Gasteiger partial charge >= 0.3 is 0 Å². The fourth-order valence-electron chi connectivity index (χ4n) is 7.52. The molecule has 0 unspecified atom stereocenters. The molecule has 0 saturated heterocycles. The first-order chi connectivity index (χ1) is 26.9. The topological polar surface area (TPSA) is 51.8 Å². The average Bonchev–Trinajstić information content (AvgIpc) is 3.81. The van der Waals surface area contributed by atoms with Crippen LogP contribution in [0.3, 0.4) is 0 Å². The molecule has 7 aromatic carbocycles. The summed E-state index contributed by atoms with van der Waals surface area (Å²) >= 11 is 1.75. The highest BCUT2D eigenvalue weighted by atomic mass is 32.1. The highest BCUT2D eigenvalue weighted by Crippen LogP contribution is 2.42. The van der Waals surface area contributed by atoms with E-state index in [0.29, 0.717) is 34.2 Å². The van der Waals surface area contributed by atoms with E-state index in [1.54, 1.807) is 11.3 Å². The number of rotatable bonds is 5. The van der Waals surface area contributed by atoms with Crippen molar-refractivity contribution >= 4 is 120 Å². The highest BCUT2D eigenvalue weighted by Gasteiger charge is 2.21. The lowest BCUT2D eigenvalue weighted by Gasteiger charge is -2.21. The van der Waals surface area contributed by atoms with Gasteiger partial charge in [-0.05, 0) is 41.0 Å². The molecule has 0 fully saturated rings. The molecule has 10 heteroatoms. The summed E-state index contributed by atoms with van der Waals surface area (Å²) in [7, 11) is 31.4. The number of aromatic nitrogens is 3. The summed E-state index contributed by atoms with van der Waals surface area (Å²) in [5.74, 6) is 1.74. The molecule has 244 valence electrons. The van der Waals surface area contributed by atoms with Gasteiger partial charge in [0, 0.05) is 53.2 Å². The van der Waals surface area contributed by atoms with E-state index in [9.17, 15) is 0 Å². The lowest BCUT2D eigenvalue weighted by Crippen LogP contribution is -2.55. The van der Waals surface area contributed by atoms with Crippen molar-refractivity contribution < 1.29 is 4.42 Å². The second-order valence-corrected chi connectivity index (χ2v) is 14.5. The van der Waals surface area contributed by atoms with Crippen LogP contribution in [0.2, 0.25) is 0 Å². The van der Waals surface area contributed by atoms with Gasteiger partial charge in [-0.25, -0.2) is 15.0 Å². The van der Waals surface area contributed by atoms with E-state index in [1.165, 1.54) is 15.5 Å². The highest BCUT2D eigenvalue weighted by molar-refractivity contribution is 7.26. The molecule has 0 bridgehead atoms. The number of fused-ring (bicyclic) bond motifs is 6. The van der Waals surface area contributed by atoms with Crippen LogP contribution in [0.25, 0.3) is 98.5 Å². The fraction of sp³-hybridized carbons (Fsp3) is 0. The van der Waals surface area contributed by atoms with E-state index < -0.39 is 0 Å². The first-order valence-corrected chi connectivity index (χ1v) is 18.5. The van der Waals surface area contributed by atoms with Crippen LogP contribution in [-0.2, 0) is 0 Å². The van der Waals surface area contributed by atoms with Crippen LogP contribution in [0.5, 0.6) is 0 Å². The Labute approximate surface area is 327 Å². The van der Waals surface area contributed by atoms with Gasteiger partial charge in [-0.1, -0.05) is 120 Å². The van der Waals surface area contributed by atoms with Crippen LogP contribution in [0.15, 0.2) is 138 Å². The third kappa shape index (κ3) is 5.38. The number of benzene rings is 7. The first-order valence-electron chi connectivity index (χ1n) is 17.6. The lowest BCUT2D eigenvalue weighted by molar-refractivity contribution is 0.670. The summed E-state index contributed by atoms with van der Waals surface area (Å²) in [6.45, 7) is 0. The molecule has 0 aliphatic heterocycles. The molecule has 0 atom stereocenters. The van der Waals surface area contributed by atoms with E-state index in [1.807, 2.05) is 84.9 Å². The predicted octanol–water partition coefficient (Wildman–Crippen LogP) is 6.44. The van der Waals surface area contributed by atoms with E-state index in [4.69, 9.17) is 58.6 Å². The quantitative estimate of drug-likeness (QED) is 0.194. The summed E-state index contributed by atoms with van der Waals surface area (Å²) in [6, 6.07) is 44.8. The second-order valence-electron chi connectivity index (χ2n) is 13.4. The van der Waals surface area contributed by atoms with Crippen molar-refractivity contribution in [1.82, 2.24) is 15.0 Å². The van der Waals surface area contributed by atoms with E-state index in [-0.39, 0.29) is 27.3 Å². The van der Waals surface area contributed by atoms with Gasteiger partial charge in [0.2, 0.25) is 0 Å². The minimum absolute atomic E-state index is 0.177. The average molecular weight is 707 g/mol. The number of hydrogen-bond donors (Lipinski definition) is 0. The normalized spacial score (nSPS) is 11.6. The third-order valence-corrected chi connectivity index (χ3v) is 11.5. The summed E-state index contributed by atoms with van der Waals surface area (Å²) in [5.41, 5.74) is 8.32. The zero-order chi connectivity index (χ0) is 37.4. The fourth-order valence-corrected chi connectivity index (χ4v) is 8.73. The molecule has 4 nitrogen and oxygen atoms in total. The molecule has 10 rings (SSSR count). The summed E-state index contributed by atoms with van der Waals surface area (Å²) in [4.78, 5) is 15.4. The Kier molecular flexibility index (Phi) is 7.93. The van der Waals surface area contributed by atoms with Crippen LogP contribution in [-0.4, -0.2) is 54.2 Å². The van der Waals surface area contributed by atoms with Crippen molar-refractivity contribution in [1.29, 1.82) is 0 Å². The molecule has 10 radical (unpaired) electrons. The first kappa shape index (κ1) is 33.5. The van der Waals surface area contributed by atoms with Crippen LogP contribution >= 0.6 is 11.3 Å². The van der Waals surface area contributed by atoms with Gasteiger partial charge < -0.3 is 4.42 Å². The van der Waals surface area contributed by atoms with Gasteiger partial charge in [0.05, 0.1) is 0 Å². The van der Waals surface area contributed by atoms with Crippen molar-refractivity contribution in [2.45, 2.75) is 0 Å². The lowest BCUT2D eigenvalue weighted by atomic mass is 9.59.